The minimum atomic E-state index is -0.501. The van der Waals surface area contributed by atoms with Crippen LogP contribution in [0.3, 0.4) is 0 Å². The average Bonchev–Trinajstić information content (AvgIpc) is 2.71. The van der Waals surface area contributed by atoms with E-state index in [2.05, 4.69) is 30.3 Å². The van der Waals surface area contributed by atoms with Crippen molar-refractivity contribution in [3.05, 3.63) is 65.7 Å². The van der Waals surface area contributed by atoms with Crippen LogP contribution < -0.4 is 4.74 Å². The molecular weight excluding hydrogens is 366 g/mol. The monoisotopic (exact) mass is 397 g/mol. The molecule has 1 aliphatic heterocycles. The quantitative estimate of drug-likeness (QED) is 0.721. The smallest absolute Gasteiger partial charge is 0.410 e. The molecule has 0 aliphatic carbocycles. The number of benzene rings is 2. The van der Waals surface area contributed by atoms with Gasteiger partial charge in [0.25, 0.3) is 0 Å². The summed E-state index contributed by atoms with van der Waals surface area (Å²) in [5.74, 6) is 0.876. The van der Waals surface area contributed by atoms with Gasteiger partial charge in [0.2, 0.25) is 0 Å². The van der Waals surface area contributed by atoms with E-state index in [0.29, 0.717) is 26.3 Å². The average molecular weight is 398 g/mol. The van der Waals surface area contributed by atoms with E-state index in [9.17, 15) is 4.79 Å². The second-order valence-corrected chi connectivity index (χ2v) is 8.32. The number of amides is 1. The Labute approximate surface area is 173 Å². The molecule has 0 bridgehead atoms. The highest BCUT2D eigenvalue weighted by Gasteiger charge is 2.28. The standard InChI is InChI=1S/C24H31NO4/c1-24(2,3)29-23(26)25-15-16-27-21(17-25)18-28-22-12-8-7-11-20(22)14-13-19-9-5-4-6-10-19/h4-12,21H,13-18H2,1-3H3/t21-/m0/s1. The van der Waals surface area contributed by atoms with E-state index in [-0.39, 0.29) is 12.2 Å². The fourth-order valence-corrected chi connectivity index (χ4v) is 3.27. The first-order valence-corrected chi connectivity index (χ1v) is 10.2. The Morgan fingerprint density at radius 1 is 1.07 bits per heavy atom. The summed E-state index contributed by atoms with van der Waals surface area (Å²) in [5, 5.41) is 0. The Bertz CT molecular complexity index is 785. The van der Waals surface area contributed by atoms with Crippen molar-refractivity contribution in [1.29, 1.82) is 0 Å². The van der Waals surface area contributed by atoms with Crippen LogP contribution in [0.25, 0.3) is 0 Å². The van der Waals surface area contributed by atoms with Crippen LogP contribution in [0, 0.1) is 0 Å². The number of aryl methyl sites for hydroxylation is 2. The number of morpholine rings is 1. The number of nitrogens with zero attached hydrogens (tertiary/aromatic N) is 1. The number of rotatable bonds is 6. The van der Waals surface area contributed by atoms with Gasteiger partial charge in [0, 0.05) is 6.54 Å². The molecule has 29 heavy (non-hydrogen) atoms. The number of hydrogen-bond acceptors (Lipinski definition) is 4. The summed E-state index contributed by atoms with van der Waals surface area (Å²) in [5.41, 5.74) is 1.99. The molecule has 1 heterocycles. The second kappa shape index (κ2) is 9.79. The van der Waals surface area contributed by atoms with Gasteiger partial charge in [0.1, 0.15) is 24.1 Å². The molecule has 2 aromatic carbocycles. The van der Waals surface area contributed by atoms with Gasteiger partial charge < -0.3 is 19.1 Å². The molecule has 0 spiro atoms. The summed E-state index contributed by atoms with van der Waals surface area (Å²) in [7, 11) is 0. The van der Waals surface area contributed by atoms with Gasteiger partial charge in [-0.1, -0.05) is 48.5 Å². The van der Waals surface area contributed by atoms with E-state index in [0.717, 1.165) is 18.6 Å². The van der Waals surface area contributed by atoms with E-state index >= 15 is 0 Å². The molecule has 1 atom stereocenters. The zero-order valence-corrected chi connectivity index (χ0v) is 17.6. The SMILES string of the molecule is CC(C)(C)OC(=O)N1CCO[C@H](COc2ccccc2CCc2ccccc2)C1. The van der Waals surface area contributed by atoms with Crippen LogP contribution in [0.15, 0.2) is 54.6 Å². The van der Waals surface area contributed by atoms with Crippen molar-refractivity contribution in [3.8, 4) is 5.75 Å². The molecule has 0 saturated carbocycles. The topological polar surface area (TPSA) is 48.0 Å². The largest absolute Gasteiger partial charge is 0.491 e. The molecule has 3 rings (SSSR count). The zero-order chi connectivity index (χ0) is 20.7. The first-order valence-electron chi connectivity index (χ1n) is 10.2. The predicted octanol–water partition coefficient (Wildman–Crippen LogP) is 4.49. The molecule has 1 fully saturated rings. The van der Waals surface area contributed by atoms with Crippen molar-refractivity contribution in [2.24, 2.45) is 0 Å². The van der Waals surface area contributed by atoms with Crippen molar-refractivity contribution in [2.45, 2.75) is 45.3 Å². The summed E-state index contributed by atoms with van der Waals surface area (Å²) in [6, 6.07) is 18.6. The lowest BCUT2D eigenvalue weighted by Crippen LogP contribution is -2.49. The third-order valence-electron chi connectivity index (χ3n) is 4.71. The van der Waals surface area contributed by atoms with Crippen LogP contribution in [-0.4, -0.2) is 49.0 Å². The van der Waals surface area contributed by atoms with Crippen LogP contribution in [0.2, 0.25) is 0 Å². The first kappa shape index (κ1) is 21.2. The summed E-state index contributed by atoms with van der Waals surface area (Å²) >= 11 is 0. The van der Waals surface area contributed by atoms with Crippen LogP contribution >= 0.6 is 0 Å². The highest BCUT2D eigenvalue weighted by molar-refractivity contribution is 5.68. The molecule has 0 radical (unpaired) electrons. The normalized spacial score (nSPS) is 17.1. The third-order valence-corrected chi connectivity index (χ3v) is 4.71. The van der Waals surface area contributed by atoms with Gasteiger partial charge in [-0.25, -0.2) is 4.79 Å². The van der Waals surface area contributed by atoms with Crippen molar-refractivity contribution in [1.82, 2.24) is 4.90 Å². The van der Waals surface area contributed by atoms with Crippen LogP contribution in [-0.2, 0) is 22.3 Å². The highest BCUT2D eigenvalue weighted by atomic mass is 16.6. The van der Waals surface area contributed by atoms with Crippen LogP contribution in [0.1, 0.15) is 31.9 Å². The number of hydrogen-bond donors (Lipinski definition) is 0. The van der Waals surface area contributed by atoms with Crippen molar-refractivity contribution >= 4 is 6.09 Å². The highest BCUT2D eigenvalue weighted by Crippen LogP contribution is 2.21. The maximum atomic E-state index is 12.3. The molecule has 156 valence electrons. The Balaban J connectivity index is 1.53. The minimum absolute atomic E-state index is 0.168. The van der Waals surface area contributed by atoms with Crippen molar-refractivity contribution < 1.29 is 19.0 Å². The molecular formula is C24H31NO4. The molecule has 1 amide bonds. The summed E-state index contributed by atoms with van der Waals surface area (Å²) in [6.07, 6.45) is 1.41. The van der Waals surface area contributed by atoms with Gasteiger partial charge in [-0.3, -0.25) is 0 Å². The van der Waals surface area contributed by atoms with Gasteiger partial charge in [0.15, 0.2) is 0 Å². The molecule has 0 N–H and O–H groups in total. The molecule has 0 unspecified atom stereocenters. The lowest BCUT2D eigenvalue weighted by atomic mass is 10.0. The minimum Gasteiger partial charge on any atom is -0.491 e. The lowest BCUT2D eigenvalue weighted by molar-refractivity contribution is -0.0558. The molecule has 5 nitrogen and oxygen atoms in total. The number of carbonyl (C=O) groups excluding carboxylic acids is 1. The maximum Gasteiger partial charge on any atom is 0.410 e. The number of ether oxygens (including phenoxy) is 3. The van der Waals surface area contributed by atoms with Gasteiger partial charge in [-0.2, -0.15) is 0 Å². The van der Waals surface area contributed by atoms with Gasteiger partial charge in [-0.05, 0) is 50.8 Å². The maximum absolute atomic E-state index is 12.3. The van der Waals surface area contributed by atoms with Crippen molar-refractivity contribution in [3.63, 3.8) is 0 Å². The van der Waals surface area contributed by atoms with Crippen LogP contribution in [0.4, 0.5) is 4.79 Å². The summed E-state index contributed by atoms with van der Waals surface area (Å²) in [6.45, 7) is 7.53. The molecule has 1 saturated heterocycles. The third kappa shape index (κ3) is 6.79. The fourth-order valence-electron chi connectivity index (χ4n) is 3.27. The Kier molecular flexibility index (Phi) is 7.15. The van der Waals surface area contributed by atoms with E-state index in [1.807, 2.05) is 45.0 Å². The zero-order valence-electron chi connectivity index (χ0n) is 17.6. The molecule has 1 aliphatic rings. The van der Waals surface area contributed by atoms with E-state index in [1.54, 1.807) is 4.90 Å². The number of para-hydroxylation sites is 1. The van der Waals surface area contributed by atoms with E-state index in [4.69, 9.17) is 14.2 Å². The van der Waals surface area contributed by atoms with Gasteiger partial charge in [0.05, 0.1) is 13.2 Å². The number of carbonyl (C=O) groups is 1. The van der Waals surface area contributed by atoms with E-state index in [1.165, 1.54) is 11.1 Å². The predicted molar refractivity (Wildman–Crippen MR) is 113 cm³/mol. The van der Waals surface area contributed by atoms with E-state index < -0.39 is 5.60 Å². The molecule has 0 aromatic heterocycles. The Morgan fingerprint density at radius 2 is 1.79 bits per heavy atom. The summed E-state index contributed by atoms with van der Waals surface area (Å²) in [4.78, 5) is 14.0. The first-order chi connectivity index (χ1) is 13.9. The molecule has 2 aromatic rings. The lowest BCUT2D eigenvalue weighted by Gasteiger charge is -2.34. The second-order valence-electron chi connectivity index (χ2n) is 8.32. The molecule has 5 heteroatoms. The fraction of sp³-hybridized carbons (Fsp3) is 0.458. The van der Waals surface area contributed by atoms with Crippen LogP contribution in [0.5, 0.6) is 5.75 Å². The van der Waals surface area contributed by atoms with Crippen molar-refractivity contribution in [2.75, 3.05) is 26.3 Å². The Hall–Kier alpha value is -2.53. The summed E-state index contributed by atoms with van der Waals surface area (Å²) < 4.78 is 17.4. The van der Waals surface area contributed by atoms with Gasteiger partial charge in [-0.15, -0.1) is 0 Å². The Morgan fingerprint density at radius 3 is 2.55 bits per heavy atom. The van der Waals surface area contributed by atoms with Gasteiger partial charge >= 0.3 is 6.09 Å².